The lowest BCUT2D eigenvalue weighted by atomic mass is 9.66. The van der Waals surface area contributed by atoms with Crippen molar-refractivity contribution >= 4 is 25.7 Å². The van der Waals surface area contributed by atoms with Crippen LogP contribution in [-0.4, -0.2) is 14.1 Å². The Morgan fingerprint density at radius 2 is 1.78 bits per heavy atom. The first-order valence-corrected chi connectivity index (χ1v) is 12.5. The van der Waals surface area contributed by atoms with Crippen LogP contribution in [0, 0.1) is 0 Å². The average Bonchev–Trinajstić information content (AvgIpc) is 3.15. The Morgan fingerprint density at radius 3 is 2.56 bits per heavy atom. The monoisotopic (exact) mass is 430 g/mol. The second-order valence-electron chi connectivity index (χ2n) is 8.35. The van der Waals surface area contributed by atoms with Crippen LogP contribution in [0.5, 0.6) is 0 Å². The van der Waals surface area contributed by atoms with Crippen molar-refractivity contribution in [3.05, 3.63) is 131 Å². The van der Waals surface area contributed by atoms with Crippen LogP contribution in [0.3, 0.4) is 0 Å². The van der Waals surface area contributed by atoms with E-state index in [9.17, 15) is 0 Å². The molecule has 0 amide bonds. The molecule has 2 heteroatoms. The van der Waals surface area contributed by atoms with E-state index in [0.29, 0.717) is 0 Å². The van der Waals surface area contributed by atoms with Crippen LogP contribution in [0.1, 0.15) is 34.2 Å². The maximum atomic E-state index is 4.08. The summed E-state index contributed by atoms with van der Waals surface area (Å²) < 4.78 is 0. The molecule has 32 heavy (non-hydrogen) atoms. The van der Waals surface area contributed by atoms with Crippen LogP contribution in [0.2, 0.25) is 0 Å². The number of rotatable bonds is 5. The minimum Gasteiger partial charge on any atom is -0.129 e. The van der Waals surface area contributed by atoms with Crippen LogP contribution >= 0.6 is 11.8 Å². The Labute approximate surface area is 196 Å². The zero-order valence-electron chi connectivity index (χ0n) is 18.8. The van der Waals surface area contributed by atoms with Gasteiger partial charge in [-0.25, -0.2) is 0 Å². The fourth-order valence-corrected chi connectivity index (χ4v) is 6.30. The SMILES string of the molecule is B/C=C\C(=C/C=C)C1(c2ccccc2SC)c2ccccc2-c2c1ccc1c2CCC=C1. The lowest BCUT2D eigenvalue weighted by molar-refractivity contribution is 0.747. The van der Waals surface area contributed by atoms with Gasteiger partial charge in [0.05, 0.1) is 5.41 Å². The lowest BCUT2D eigenvalue weighted by Gasteiger charge is -2.36. The van der Waals surface area contributed by atoms with Crippen molar-refractivity contribution in [2.45, 2.75) is 23.2 Å². The van der Waals surface area contributed by atoms with E-state index in [-0.39, 0.29) is 5.41 Å². The predicted molar refractivity (Wildman–Crippen MR) is 143 cm³/mol. The van der Waals surface area contributed by atoms with E-state index in [1.807, 2.05) is 17.8 Å². The second-order valence-corrected chi connectivity index (χ2v) is 9.20. The van der Waals surface area contributed by atoms with Crippen LogP contribution in [0.25, 0.3) is 17.2 Å². The molecule has 3 aromatic rings. The van der Waals surface area contributed by atoms with Crippen molar-refractivity contribution in [3.8, 4) is 11.1 Å². The predicted octanol–water partition coefficient (Wildman–Crippen LogP) is 6.94. The molecule has 1 atom stereocenters. The Kier molecular flexibility index (Phi) is 5.57. The van der Waals surface area contributed by atoms with Crippen molar-refractivity contribution in [1.29, 1.82) is 0 Å². The van der Waals surface area contributed by atoms with Gasteiger partial charge in [0.25, 0.3) is 0 Å². The minimum absolute atomic E-state index is 0.373. The number of fused-ring (bicyclic) bond motifs is 5. The fraction of sp³-hybridized carbons (Fsp3) is 0.133. The van der Waals surface area contributed by atoms with Crippen molar-refractivity contribution in [2.24, 2.45) is 0 Å². The number of hydrogen-bond acceptors (Lipinski definition) is 1. The number of allylic oxidation sites excluding steroid dienone is 5. The second kappa shape index (κ2) is 8.52. The van der Waals surface area contributed by atoms with Gasteiger partial charge in [-0.05, 0) is 69.7 Å². The van der Waals surface area contributed by atoms with Gasteiger partial charge in [0.1, 0.15) is 7.85 Å². The van der Waals surface area contributed by atoms with Gasteiger partial charge >= 0.3 is 0 Å². The van der Waals surface area contributed by atoms with Crippen LogP contribution in [-0.2, 0) is 11.8 Å². The normalized spacial score (nSPS) is 19.0. The first-order chi connectivity index (χ1) is 15.8. The highest BCUT2D eigenvalue weighted by Crippen LogP contribution is 2.59. The van der Waals surface area contributed by atoms with Crippen LogP contribution < -0.4 is 0 Å². The molecule has 0 saturated carbocycles. The van der Waals surface area contributed by atoms with Gasteiger partial charge in [-0.3, -0.25) is 0 Å². The van der Waals surface area contributed by atoms with Crippen molar-refractivity contribution in [2.75, 3.05) is 6.26 Å². The van der Waals surface area contributed by atoms with E-state index in [4.69, 9.17) is 0 Å². The summed E-state index contributed by atoms with van der Waals surface area (Å²) in [5, 5.41) is 0. The van der Waals surface area contributed by atoms with E-state index in [1.165, 1.54) is 49.4 Å². The molecule has 0 fully saturated rings. The molecule has 5 rings (SSSR count). The zero-order chi connectivity index (χ0) is 22.1. The third kappa shape index (κ3) is 2.93. The molecule has 156 valence electrons. The van der Waals surface area contributed by atoms with E-state index >= 15 is 0 Å². The molecule has 3 aromatic carbocycles. The van der Waals surface area contributed by atoms with Gasteiger partial charge in [-0.2, -0.15) is 0 Å². The van der Waals surface area contributed by atoms with Gasteiger partial charge in [0, 0.05) is 4.90 Å². The molecular weight excluding hydrogens is 403 g/mol. The average molecular weight is 430 g/mol. The molecule has 0 spiro atoms. The summed E-state index contributed by atoms with van der Waals surface area (Å²) in [6.45, 7) is 4.08. The number of hydrogen-bond donors (Lipinski definition) is 0. The van der Waals surface area contributed by atoms with E-state index in [1.54, 1.807) is 0 Å². The largest absolute Gasteiger partial charge is 0.129 e. The molecule has 1 unspecified atom stereocenters. The molecule has 0 nitrogen and oxygen atoms in total. The third-order valence-corrected chi connectivity index (χ3v) is 7.60. The maximum absolute atomic E-state index is 4.08. The quantitative estimate of drug-likeness (QED) is 0.240. The molecule has 0 aliphatic heterocycles. The Hall–Kier alpha value is -2.97. The fourth-order valence-electron chi connectivity index (χ4n) is 5.64. The van der Waals surface area contributed by atoms with Crippen molar-refractivity contribution < 1.29 is 0 Å². The summed E-state index contributed by atoms with van der Waals surface area (Å²) in [4.78, 5) is 1.31. The summed E-state index contributed by atoms with van der Waals surface area (Å²) in [6, 6.07) is 22.6. The van der Waals surface area contributed by atoms with Crippen LogP contribution in [0.15, 0.2) is 108 Å². The molecule has 0 N–H and O–H groups in total. The van der Waals surface area contributed by atoms with Crippen molar-refractivity contribution in [3.63, 3.8) is 0 Å². The highest BCUT2D eigenvalue weighted by Gasteiger charge is 2.48. The summed E-state index contributed by atoms with van der Waals surface area (Å²) >= 11 is 1.82. The first-order valence-electron chi connectivity index (χ1n) is 11.3. The summed E-state index contributed by atoms with van der Waals surface area (Å²) in [5.41, 5.74) is 10.6. The standard InChI is InChI=1S/C30H27BS/c1-3-10-22(19-20-31)30(26-15-8-9-16-28(26)32-2)25-14-7-6-13-24(25)29-23-12-5-4-11-21(23)17-18-27(29)30/h3-4,6-11,13-20H,1,5,12,31H2,2H3/b20-19-,22-10+. The summed E-state index contributed by atoms with van der Waals surface area (Å²) in [5.74, 6) is 2.15. The molecule has 0 saturated heterocycles. The smallest absolute Gasteiger partial charge is 0.129 e. The van der Waals surface area contributed by atoms with Crippen LogP contribution in [0.4, 0.5) is 0 Å². The highest BCUT2D eigenvalue weighted by molar-refractivity contribution is 7.98. The van der Waals surface area contributed by atoms with Gasteiger partial charge in [0.15, 0.2) is 0 Å². The van der Waals surface area contributed by atoms with E-state index < -0.39 is 0 Å². The molecule has 0 radical (unpaired) electrons. The maximum Gasteiger partial charge on any atom is 0.129 e. The molecule has 0 aromatic heterocycles. The Bertz CT molecular complexity index is 1290. The van der Waals surface area contributed by atoms with E-state index in [0.717, 1.165) is 12.8 Å². The Balaban J connectivity index is 2.00. The van der Waals surface area contributed by atoms with Gasteiger partial charge in [-0.1, -0.05) is 91.6 Å². The number of benzene rings is 3. The molecule has 2 aliphatic carbocycles. The van der Waals surface area contributed by atoms with Gasteiger partial charge < -0.3 is 0 Å². The summed E-state index contributed by atoms with van der Waals surface area (Å²) in [7, 11) is 2.10. The molecule has 0 bridgehead atoms. The van der Waals surface area contributed by atoms with Gasteiger partial charge in [0.2, 0.25) is 0 Å². The highest BCUT2D eigenvalue weighted by atomic mass is 32.2. The van der Waals surface area contributed by atoms with E-state index in [2.05, 4.69) is 112 Å². The summed E-state index contributed by atoms with van der Waals surface area (Å²) in [6.07, 6.45) is 15.4. The van der Waals surface area contributed by atoms with Crippen molar-refractivity contribution in [1.82, 2.24) is 0 Å². The number of thioether (sulfide) groups is 1. The minimum atomic E-state index is -0.373. The molecular formula is C30H27BS. The first kappa shape index (κ1) is 20.9. The molecule has 2 aliphatic rings. The third-order valence-electron chi connectivity index (χ3n) is 6.80. The molecule has 0 heterocycles. The lowest BCUT2D eigenvalue weighted by Crippen LogP contribution is -2.30. The Morgan fingerprint density at radius 1 is 1.00 bits per heavy atom. The topological polar surface area (TPSA) is 0 Å². The van der Waals surface area contributed by atoms with Gasteiger partial charge in [-0.15, -0.1) is 17.7 Å². The zero-order valence-corrected chi connectivity index (χ0v) is 19.6.